The fourth-order valence-electron chi connectivity index (χ4n) is 3.51. The molecule has 0 amide bonds. The molecule has 0 bridgehead atoms. The summed E-state index contributed by atoms with van der Waals surface area (Å²) in [5.41, 5.74) is 7.88. The molecule has 1 aromatic carbocycles. The fourth-order valence-corrected chi connectivity index (χ4v) is 3.51. The van der Waals surface area contributed by atoms with Gasteiger partial charge in [-0.25, -0.2) is 0 Å². The summed E-state index contributed by atoms with van der Waals surface area (Å²) in [7, 11) is 1.68. The van der Waals surface area contributed by atoms with Crippen molar-refractivity contribution in [2.45, 2.75) is 57.6 Å². The highest BCUT2D eigenvalue weighted by Gasteiger charge is 2.44. The van der Waals surface area contributed by atoms with Crippen molar-refractivity contribution in [3.05, 3.63) is 23.8 Å². The Hall–Kier alpha value is -1.22. The van der Waals surface area contributed by atoms with Gasteiger partial charge in [-0.15, -0.1) is 0 Å². The lowest BCUT2D eigenvalue weighted by Gasteiger charge is -2.47. The van der Waals surface area contributed by atoms with E-state index in [2.05, 4.69) is 13.8 Å². The molecule has 3 heteroatoms. The molecule has 1 spiro atoms. The summed E-state index contributed by atoms with van der Waals surface area (Å²) >= 11 is 0. The number of rotatable bonds is 1. The van der Waals surface area contributed by atoms with Crippen molar-refractivity contribution in [3.8, 4) is 11.5 Å². The van der Waals surface area contributed by atoms with Crippen molar-refractivity contribution in [1.82, 2.24) is 0 Å². The number of ether oxygens (including phenoxy) is 2. The highest BCUT2D eigenvalue weighted by molar-refractivity contribution is 5.44. The summed E-state index contributed by atoms with van der Waals surface area (Å²) in [6.07, 6.45) is 5.55. The van der Waals surface area contributed by atoms with Gasteiger partial charge in [0.05, 0.1) is 7.11 Å². The molecule has 1 aliphatic carbocycles. The minimum absolute atomic E-state index is 0.0612. The largest absolute Gasteiger partial charge is 0.497 e. The van der Waals surface area contributed by atoms with Crippen molar-refractivity contribution >= 4 is 0 Å². The molecule has 1 unspecified atom stereocenters. The molecule has 3 nitrogen and oxygen atoms in total. The molecule has 0 radical (unpaired) electrons. The van der Waals surface area contributed by atoms with Crippen LogP contribution in [0.1, 0.15) is 57.6 Å². The van der Waals surface area contributed by atoms with Crippen LogP contribution in [0.2, 0.25) is 0 Å². The first-order valence-electron chi connectivity index (χ1n) is 7.56. The van der Waals surface area contributed by atoms with E-state index in [1.807, 2.05) is 18.2 Å². The second kappa shape index (κ2) is 4.66. The van der Waals surface area contributed by atoms with E-state index >= 15 is 0 Å². The Kier molecular flexibility index (Phi) is 3.20. The predicted molar refractivity (Wildman–Crippen MR) is 80.1 cm³/mol. The first kappa shape index (κ1) is 13.7. The summed E-state index contributed by atoms with van der Waals surface area (Å²) in [5.74, 6) is 1.76. The summed E-state index contributed by atoms with van der Waals surface area (Å²) in [6, 6.07) is 6.06. The SMILES string of the molecule is COc1ccc2c(c1)OC1(CCC(C)(C)CC1)CC2N. The maximum Gasteiger partial charge on any atom is 0.128 e. The molecule has 1 saturated carbocycles. The minimum Gasteiger partial charge on any atom is -0.497 e. The Morgan fingerprint density at radius 2 is 1.90 bits per heavy atom. The van der Waals surface area contributed by atoms with Gasteiger partial charge in [-0.05, 0) is 37.2 Å². The van der Waals surface area contributed by atoms with Crippen LogP contribution in [0.5, 0.6) is 11.5 Å². The summed E-state index contributed by atoms with van der Waals surface area (Å²) < 4.78 is 11.7. The Balaban J connectivity index is 1.88. The van der Waals surface area contributed by atoms with Crippen LogP contribution in [0.25, 0.3) is 0 Å². The van der Waals surface area contributed by atoms with E-state index in [1.165, 1.54) is 12.8 Å². The molecule has 1 aliphatic heterocycles. The van der Waals surface area contributed by atoms with Gasteiger partial charge in [0.25, 0.3) is 0 Å². The van der Waals surface area contributed by atoms with Crippen molar-refractivity contribution in [3.63, 3.8) is 0 Å². The maximum absolute atomic E-state index is 6.41. The van der Waals surface area contributed by atoms with E-state index in [4.69, 9.17) is 15.2 Å². The van der Waals surface area contributed by atoms with Gasteiger partial charge in [-0.2, -0.15) is 0 Å². The zero-order valence-electron chi connectivity index (χ0n) is 12.7. The number of hydrogen-bond donors (Lipinski definition) is 1. The average molecular weight is 275 g/mol. The standard InChI is InChI=1S/C17H25NO2/c1-16(2)6-8-17(9-7-16)11-14(18)13-5-4-12(19-3)10-15(13)20-17/h4-5,10,14H,6-9,11,18H2,1-3H3. The van der Waals surface area contributed by atoms with Crippen molar-refractivity contribution in [2.24, 2.45) is 11.1 Å². The van der Waals surface area contributed by atoms with Crippen LogP contribution in [0.3, 0.4) is 0 Å². The number of benzene rings is 1. The van der Waals surface area contributed by atoms with Gasteiger partial charge in [0.2, 0.25) is 0 Å². The van der Waals surface area contributed by atoms with Crippen molar-refractivity contribution < 1.29 is 9.47 Å². The average Bonchev–Trinajstić information content (AvgIpc) is 2.42. The van der Waals surface area contributed by atoms with Crippen LogP contribution in [-0.4, -0.2) is 12.7 Å². The fraction of sp³-hybridized carbons (Fsp3) is 0.647. The predicted octanol–water partition coefficient (Wildman–Crippen LogP) is 3.82. The molecule has 20 heavy (non-hydrogen) atoms. The monoisotopic (exact) mass is 275 g/mol. The highest BCUT2D eigenvalue weighted by Crippen LogP contribution is 2.49. The third-order valence-corrected chi connectivity index (χ3v) is 5.05. The Morgan fingerprint density at radius 1 is 1.20 bits per heavy atom. The van der Waals surface area contributed by atoms with Gasteiger partial charge in [-0.3, -0.25) is 0 Å². The van der Waals surface area contributed by atoms with Crippen LogP contribution in [0.15, 0.2) is 18.2 Å². The van der Waals surface area contributed by atoms with Crippen LogP contribution < -0.4 is 15.2 Å². The highest BCUT2D eigenvalue weighted by atomic mass is 16.5. The molecule has 3 rings (SSSR count). The molecule has 2 aliphatic rings. The van der Waals surface area contributed by atoms with Crippen LogP contribution in [-0.2, 0) is 0 Å². The Morgan fingerprint density at radius 3 is 2.55 bits per heavy atom. The summed E-state index contributed by atoms with van der Waals surface area (Å²) in [4.78, 5) is 0. The van der Waals surface area contributed by atoms with Gasteiger partial charge >= 0.3 is 0 Å². The van der Waals surface area contributed by atoms with E-state index in [-0.39, 0.29) is 11.6 Å². The lowest BCUT2D eigenvalue weighted by atomic mass is 9.68. The topological polar surface area (TPSA) is 44.5 Å². The van der Waals surface area contributed by atoms with Gasteiger partial charge in [0, 0.05) is 24.1 Å². The van der Waals surface area contributed by atoms with E-state index in [9.17, 15) is 0 Å². The van der Waals surface area contributed by atoms with Crippen LogP contribution in [0, 0.1) is 5.41 Å². The van der Waals surface area contributed by atoms with E-state index in [1.54, 1.807) is 7.11 Å². The number of hydrogen-bond acceptors (Lipinski definition) is 3. The Labute approximate surface area is 121 Å². The molecule has 2 N–H and O–H groups in total. The zero-order chi connectivity index (χ0) is 14.4. The van der Waals surface area contributed by atoms with Crippen LogP contribution in [0.4, 0.5) is 0 Å². The van der Waals surface area contributed by atoms with Crippen molar-refractivity contribution in [2.75, 3.05) is 7.11 Å². The van der Waals surface area contributed by atoms with E-state index < -0.39 is 0 Å². The molecular weight excluding hydrogens is 250 g/mol. The third-order valence-electron chi connectivity index (χ3n) is 5.05. The van der Waals surface area contributed by atoms with Gasteiger partial charge in [0.1, 0.15) is 17.1 Å². The molecular formula is C17H25NO2. The molecule has 1 fully saturated rings. The molecule has 110 valence electrons. The first-order chi connectivity index (χ1) is 9.43. The Bertz CT molecular complexity index is 500. The van der Waals surface area contributed by atoms with Gasteiger partial charge in [0.15, 0.2) is 0 Å². The molecule has 0 aromatic heterocycles. The number of methoxy groups -OCH3 is 1. The maximum atomic E-state index is 6.41. The molecule has 1 aromatic rings. The molecule has 1 heterocycles. The van der Waals surface area contributed by atoms with E-state index in [0.717, 1.165) is 36.3 Å². The van der Waals surface area contributed by atoms with Gasteiger partial charge in [-0.1, -0.05) is 19.9 Å². The van der Waals surface area contributed by atoms with Crippen LogP contribution >= 0.6 is 0 Å². The molecule has 0 saturated heterocycles. The molecule has 1 atom stereocenters. The van der Waals surface area contributed by atoms with Crippen molar-refractivity contribution in [1.29, 1.82) is 0 Å². The quantitative estimate of drug-likeness (QED) is 0.847. The summed E-state index contributed by atoms with van der Waals surface area (Å²) in [6.45, 7) is 4.69. The smallest absolute Gasteiger partial charge is 0.128 e. The lowest BCUT2D eigenvalue weighted by Crippen LogP contribution is -2.46. The summed E-state index contributed by atoms with van der Waals surface area (Å²) in [5, 5.41) is 0. The second-order valence-electron chi connectivity index (χ2n) is 7.16. The normalized spacial score (nSPS) is 26.7. The zero-order valence-corrected chi connectivity index (χ0v) is 12.7. The third kappa shape index (κ3) is 2.39. The minimum atomic E-state index is -0.0612. The second-order valence-corrected chi connectivity index (χ2v) is 7.16. The first-order valence-corrected chi connectivity index (χ1v) is 7.56. The number of fused-ring (bicyclic) bond motifs is 1. The lowest BCUT2D eigenvalue weighted by molar-refractivity contribution is -0.0261. The van der Waals surface area contributed by atoms with E-state index in [0.29, 0.717) is 5.41 Å². The number of nitrogens with two attached hydrogens (primary N) is 1. The van der Waals surface area contributed by atoms with Gasteiger partial charge < -0.3 is 15.2 Å².